The van der Waals surface area contributed by atoms with E-state index in [2.05, 4.69) is 228 Å². The van der Waals surface area contributed by atoms with Gasteiger partial charge in [0.15, 0.2) is 0 Å². The lowest BCUT2D eigenvalue weighted by Gasteiger charge is -2.11. The highest BCUT2D eigenvalue weighted by Gasteiger charge is 2.23. The van der Waals surface area contributed by atoms with Crippen LogP contribution in [0.2, 0.25) is 0 Å². The molecule has 0 aliphatic rings. The fourth-order valence-corrected chi connectivity index (χ4v) is 13.0. The number of fused-ring (bicyclic) bond motifs is 13. The van der Waals surface area contributed by atoms with Crippen molar-refractivity contribution < 1.29 is 0 Å². The number of para-hydroxylation sites is 1. The lowest BCUT2D eigenvalue weighted by Crippen LogP contribution is -2.02. The maximum absolute atomic E-state index is 5.65. The number of benzene rings is 10. The minimum absolute atomic E-state index is 0.655. The Morgan fingerprint density at radius 2 is 1.03 bits per heavy atom. The summed E-state index contributed by atoms with van der Waals surface area (Å²) >= 11 is 3.61. The molecule has 0 radical (unpaired) electrons. The van der Waals surface area contributed by atoms with Crippen molar-refractivity contribution in [3.05, 3.63) is 218 Å². The Labute approximate surface area is 397 Å². The van der Waals surface area contributed by atoms with Crippen LogP contribution in [0.5, 0.6) is 0 Å². The van der Waals surface area contributed by atoms with Crippen LogP contribution in [0, 0.1) is 0 Å². The van der Waals surface area contributed by atoms with Crippen LogP contribution in [0.1, 0.15) is 0 Å². The first-order valence-electron chi connectivity index (χ1n) is 23.0. The Hall–Kier alpha value is -8.42. The SMILES string of the molecule is c1ccc(-c2cc3nc(-n4c5ccc(-c6cccc7c6c6c8ccccc8ccc6n7-c6ccccc6)cc5c5cc6ccccc6cc54)nc(-c4ccc5sc6ccccc6c5c4)c3s2)cc1. The van der Waals surface area contributed by atoms with Crippen LogP contribution in [-0.4, -0.2) is 19.1 Å². The van der Waals surface area contributed by atoms with E-state index in [9.17, 15) is 0 Å². The predicted molar refractivity (Wildman–Crippen MR) is 290 cm³/mol. The highest BCUT2D eigenvalue weighted by Crippen LogP contribution is 2.46. The molecule has 316 valence electrons. The largest absolute Gasteiger partial charge is 0.309 e. The molecule has 0 fully saturated rings. The number of aromatic nitrogens is 4. The van der Waals surface area contributed by atoms with Crippen LogP contribution < -0.4 is 0 Å². The van der Waals surface area contributed by atoms with Crippen LogP contribution in [-0.2, 0) is 0 Å². The minimum atomic E-state index is 0.655. The van der Waals surface area contributed by atoms with Gasteiger partial charge in [-0.25, -0.2) is 9.97 Å². The van der Waals surface area contributed by atoms with Crippen LogP contribution in [0.3, 0.4) is 0 Å². The lowest BCUT2D eigenvalue weighted by atomic mass is 9.95. The van der Waals surface area contributed by atoms with E-state index >= 15 is 0 Å². The van der Waals surface area contributed by atoms with Gasteiger partial charge in [-0.15, -0.1) is 22.7 Å². The second-order valence-electron chi connectivity index (χ2n) is 17.7. The molecule has 0 unspecified atom stereocenters. The van der Waals surface area contributed by atoms with E-state index in [1.54, 1.807) is 11.3 Å². The van der Waals surface area contributed by atoms with Gasteiger partial charge in [-0.05, 0) is 111 Å². The quantitative estimate of drug-likeness (QED) is 0.173. The molecule has 0 bridgehead atoms. The summed E-state index contributed by atoms with van der Waals surface area (Å²) in [5.74, 6) is 0.655. The Kier molecular flexibility index (Phi) is 8.07. The second-order valence-corrected chi connectivity index (χ2v) is 19.8. The number of rotatable bonds is 5. The van der Waals surface area contributed by atoms with Crippen LogP contribution in [0.15, 0.2) is 218 Å². The number of thiophene rings is 2. The molecule has 0 N–H and O–H groups in total. The van der Waals surface area contributed by atoms with E-state index in [4.69, 9.17) is 9.97 Å². The first kappa shape index (κ1) is 37.8. The van der Waals surface area contributed by atoms with Gasteiger partial charge in [0.05, 0.1) is 38.0 Å². The third-order valence-electron chi connectivity index (χ3n) is 13.9. The van der Waals surface area contributed by atoms with Gasteiger partial charge in [0.25, 0.3) is 0 Å². The molecule has 15 rings (SSSR count). The number of nitrogens with zero attached hydrogens (tertiary/aromatic N) is 4. The Balaban J connectivity index is 1.01. The third kappa shape index (κ3) is 5.59. The molecule has 5 aromatic heterocycles. The van der Waals surface area contributed by atoms with E-state index in [1.807, 2.05) is 11.3 Å². The van der Waals surface area contributed by atoms with Gasteiger partial charge in [-0.2, -0.15) is 0 Å². The molecular formula is C62H36N4S2. The molecule has 0 amide bonds. The van der Waals surface area contributed by atoms with Gasteiger partial charge in [-0.1, -0.05) is 146 Å². The van der Waals surface area contributed by atoms with E-state index in [-0.39, 0.29) is 0 Å². The maximum atomic E-state index is 5.65. The molecule has 0 saturated carbocycles. The smallest absolute Gasteiger partial charge is 0.235 e. The first-order valence-corrected chi connectivity index (χ1v) is 24.6. The summed E-state index contributed by atoms with van der Waals surface area (Å²) in [6.07, 6.45) is 0. The topological polar surface area (TPSA) is 35.6 Å². The summed E-state index contributed by atoms with van der Waals surface area (Å²) in [6.45, 7) is 0. The van der Waals surface area contributed by atoms with Gasteiger partial charge >= 0.3 is 0 Å². The van der Waals surface area contributed by atoms with Crippen LogP contribution in [0.4, 0.5) is 0 Å². The van der Waals surface area contributed by atoms with Crippen molar-refractivity contribution >= 4 is 118 Å². The first-order chi connectivity index (χ1) is 33.7. The molecule has 5 heterocycles. The molecule has 6 heteroatoms. The molecule has 0 atom stereocenters. The van der Waals surface area contributed by atoms with E-state index in [0.29, 0.717) is 5.95 Å². The zero-order chi connectivity index (χ0) is 44.5. The van der Waals surface area contributed by atoms with E-state index in [1.165, 1.54) is 79.5 Å². The summed E-state index contributed by atoms with van der Waals surface area (Å²) in [4.78, 5) is 12.3. The van der Waals surface area contributed by atoms with Crippen molar-refractivity contribution in [3.63, 3.8) is 0 Å². The van der Waals surface area contributed by atoms with Gasteiger partial charge in [0.1, 0.15) is 0 Å². The van der Waals surface area contributed by atoms with Crippen LogP contribution >= 0.6 is 22.7 Å². The van der Waals surface area contributed by atoms with Crippen molar-refractivity contribution in [2.24, 2.45) is 0 Å². The van der Waals surface area contributed by atoms with Gasteiger partial charge < -0.3 is 4.57 Å². The fraction of sp³-hybridized carbons (Fsp3) is 0. The molecule has 0 saturated heterocycles. The summed E-state index contributed by atoms with van der Waals surface area (Å²) in [5.41, 5.74) is 12.2. The molecule has 15 aromatic rings. The molecular weight excluding hydrogens is 865 g/mol. The Bertz CT molecular complexity index is 4560. The maximum Gasteiger partial charge on any atom is 0.235 e. The van der Waals surface area contributed by atoms with Gasteiger partial charge in [-0.3, -0.25) is 4.57 Å². The van der Waals surface area contributed by atoms with E-state index in [0.717, 1.165) is 54.5 Å². The lowest BCUT2D eigenvalue weighted by molar-refractivity contribution is 1.02. The molecule has 0 aliphatic carbocycles. The van der Waals surface area contributed by atoms with E-state index < -0.39 is 0 Å². The summed E-state index contributed by atoms with van der Waals surface area (Å²) in [5, 5.41) is 12.2. The molecule has 0 spiro atoms. The second kappa shape index (κ2) is 14.5. The van der Waals surface area contributed by atoms with Crippen molar-refractivity contribution in [1.82, 2.24) is 19.1 Å². The highest BCUT2D eigenvalue weighted by molar-refractivity contribution is 7.25. The van der Waals surface area contributed by atoms with Crippen molar-refractivity contribution in [3.8, 4) is 44.5 Å². The Morgan fingerprint density at radius 3 is 1.90 bits per heavy atom. The summed E-state index contributed by atoms with van der Waals surface area (Å²) < 4.78 is 8.37. The normalized spacial score (nSPS) is 12.1. The van der Waals surface area contributed by atoms with Crippen molar-refractivity contribution in [1.29, 1.82) is 0 Å². The molecule has 0 aliphatic heterocycles. The minimum Gasteiger partial charge on any atom is -0.309 e. The summed E-state index contributed by atoms with van der Waals surface area (Å²) in [7, 11) is 0. The number of hydrogen-bond acceptors (Lipinski definition) is 4. The monoisotopic (exact) mass is 900 g/mol. The van der Waals surface area contributed by atoms with Gasteiger partial charge in [0, 0.05) is 57.8 Å². The zero-order valence-electron chi connectivity index (χ0n) is 36.4. The zero-order valence-corrected chi connectivity index (χ0v) is 38.0. The average Bonchev–Trinajstić information content (AvgIpc) is 4.17. The number of hydrogen-bond donors (Lipinski definition) is 0. The van der Waals surface area contributed by atoms with Crippen LogP contribution in [0.25, 0.3) is 140 Å². The Morgan fingerprint density at radius 1 is 0.353 bits per heavy atom. The molecule has 4 nitrogen and oxygen atoms in total. The fourth-order valence-electron chi connectivity index (χ4n) is 10.8. The van der Waals surface area contributed by atoms with Crippen molar-refractivity contribution in [2.45, 2.75) is 0 Å². The predicted octanol–water partition coefficient (Wildman–Crippen LogP) is 17.6. The third-order valence-corrected chi connectivity index (χ3v) is 16.2. The standard InChI is InChI=1S/C62H36N4S2/c1-3-15-38(16-4-1)57-36-50-61(68-57)60(42-28-31-56-49(34-42)46-22-11-12-25-55(46)67-56)64-62(63-50)66-51-29-27-41(33-47(51)48-32-39-17-7-8-18-40(39)35-54(48)66)45-23-13-24-52-59(45)58-44-21-10-9-14-37(44)26-30-53(58)65(52)43-19-5-2-6-20-43/h1-36H. The molecule has 10 aromatic carbocycles. The van der Waals surface area contributed by atoms with Crippen molar-refractivity contribution in [2.75, 3.05) is 0 Å². The average molecular weight is 901 g/mol. The summed E-state index contributed by atoms with van der Waals surface area (Å²) in [6, 6.07) is 79.7. The molecule has 68 heavy (non-hydrogen) atoms. The highest BCUT2D eigenvalue weighted by atomic mass is 32.1. The van der Waals surface area contributed by atoms with Gasteiger partial charge in [0.2, 0.25) is 5.95 Å².